The minimum atomic E-state index is -0.972. The second-order valence-corrected chi connectivity index (χ2v) is 5.18. The minimum Gasteiger partial charge on any atom is -0.478 e. The Morgan fingerprint density at radius 2 is 1.85 bits per heavy atom. The van der Waals surface area contributed by atoms with E-state index in [1.54, 1.807) is 36.4 Å². The number of aliphatic carboxylic acids is 1. The van der Waals surface area contributed by atoms with Gasteiger partial charge in [0, 0.05) is 6.42 Å². The van der Waals surface area contributed by atoms with Crippen LogP contribution >= 0.6 is 11.3 Å². The second kappa shape index (κ2) is 6.82. The smallest absolute Gasteiger partial charge is 0.335 e. The number of hydrogen-bond donors (Lipinski definition) is 1. The molecule has 0 aliphatic heterocycles. The van der Waals surface area contributed by atoms with E-state index in [1.165, 1.54) is 11.3 Å². The maximum absolute atomic E-state index is 11.8. The Hall–Kier alpha value is -2.20. The molecule has 102 valence electrons. The van der Waals surface area contributed by atoms with E-state index in [0.717, 1.165) is 4.88 Å². The molecule has 0 saturated heterocycles. The van der Waals surface area contributed by atoms with Crippen LogP contribution in [0, 0.1) is 0 Å². The van der Waals surface area contributed by atoms with Crippen LogP contribution in [0.3, 0.4) is 0 Å². The Balaban J connectivity index is 2.04. The zero-order chi connectivity index (χ0) is 14.4. The number of ketones is 1. The molecule has 0 saturated carbocycles. The third kappa shape index (κ3) is 3.65. The molecule has 2 aromatic rings. The van der Waals surface area contributed by atoms with E-state index in [0.29, 0.717) is 18.4 Å². The molecule has 1 heterocycles. The number of thiophene rings is 1. The van der Waals surface area contributed by atoms with Crippen molar-refractivity contribution in [2.75, 3.05) is 0 Å². The Morgan fingerprint density at radius 3 is 2.45 bits per heavy atom. The topological polar surface area (TPSA) is 54.4 Å². The SMILES string of the molecule is O=C(O)C(=CCCC(=O)c1cccs1)c1ccccc1. The van der Waals surface area contributed by atoms with Crippen LogP contribution in [0.1, 0.15) is 28.1 Å². The summed E-state index contributed by atoms with van der Waals surface area (Å²) in [4.78, 5) is 23.8. The molecule has 0 atom stereocenters. The highest BCUT2D eigenvalue weighted by Crippen LogP contribution is 2.17. The van der Waals surface area contributed by atoms with Crippen molar-refractivity contribution in [3.63, 3.8) is 0 Å². The monoisotopic (exact) mass is 286 g/mol. The van der Waals surface area contributed by atoms with Gasteiger partial charge in [0.05, 0.1) is 10.5 Å². The molecule has 4 heteroatoms. The molecule has 20 heavy (non-hydrogen) atoms. The standard InChI is InChI=1S/C16H14O3S/c17-14(15-10-5-11-20-15)9-4-8-13(16(18)19)12-6-2-1-3-7-12/h1-3,5-8,10-11H,4,9H2,(H,18,19). The van der Waals surface area contributed by atoms with E-state index in [1.807, 2.05) is 17.5 Å². The summed E-state index contributed by atoms with van der Waals surface area (Å²) in [5, 5.41) is 11.1. The number of carbonyl (C=O) groups is 2. The van der Waals surface area contributed by atoms with E-state index >= 15 is 0 Å². The van der Waals surface area contributed by atoms with Crippen molar-refractivity contribution < 1.29 is 14.7 Å². The second-order valence-electron chi connectivity index (χ2n) is 4.23. The molecule has 3 nitrogen and oxygen atoms in total. The normalized spacial score (nSPS) is 11.3. The van der Waals surface area contributed by atoms with Crippen molar-refractivity contribution in [3.05, 3.63) is 64.4 Å². The first kappa shape index (κ1) is 14.2. The Morgan fingerprint density at radius 1 is 1.10 bits per heavy atom. The lowest BCUT2D eigenvalue weighted by molar-refractivity contribution is -0.130. The van der Waals surface area contributed by atoms with Crippen LogP contribution < -0.4 is 0 Å². The van der Waals surface area contributed by atoms with Gasteiger partial charge in [0.25, 0.3) is 0 Å². The molecule has 0 aliphatic rings. The first-order chi connectivity index (χ1) is 9.68. The van der Waals surface area contributed by atoms with Gasteiger partial charge >= 0.3 is 5.97 Å². The third-order valence-electron chi connectivity index (χ3n) is 2.83. The maximum Gasteiger partial charge on any atom is 0.335 e. The van der Waals surface area contributed by atoms with Crippen LogP contribution in [0.2, 0.25) is 0 Å². The maximum atomic E-state index is 11.8. The Bertz CT molecular complexity index is 612. The molecule has 1 aromatic carbocycles. The summed E-state index contributed by atoms with van der Waals surface area (Å²) < 4.78 is 0. The number of carboxylic acids is 1. The molecule has 0 radical (unpaired) electrons. The number of carboxylic acid groups (broad SMARTS) is 1. The molecular formula is C16H14O3S. The summed E-state index contributed by atoms with van der Waals surface area (Å²) in [5.74, 6) is -0.922. The summed E-state index contributed by atoms with van der Waals surface area (Å²) in [6.45, 7) is 0. The number of hydrogen-bond acceptors (Lipinski definition) is 3. The van der Waals surface area contributed by atoms with E-state index in [4.69, 9.17) is 0 Å². The molecule has 0 bridgehead atoms. The van der Waals surface area contributed by atoms with Gasteiger partial charge in [-0.2, -0.15) is 0 Å². The molecule has 1 aromatic heterocycles. The van der Waals surface area contributed by atoms with Crippen LogP contribution in [-0.2, 0) is 4.79 Å². The van der Waals surface area contributed by atoms with Gasteiger partial charge in [-0.15, -0.1) is 11.3 Å². The van der Waals surface area contributed by atoms with Crippen molar-refractivity contribution in [3.8, 4) is 0 Å². The predicted octanol–water partition coefficient (Wildman–Crippen LogP) is 3.88. The summed E-state index contributed by atoms with van der Waals surface area (Å²) in [6.07, 6.45) is 2.36. The highest BCUT2D eigenvalue weighted by molar-refractivity contribution is 7.12. The lowest BCUT2D eigenvalue weighted by Gasteiger charge is -2.02. The van der Waals surface area contributed by atoms with E-state index < -0.39 is 5.97 Å². The van der Waals surface area contributed by atoms with E-state index in [2.05, 4.69) is 0 Å². The van der Waals surface area contributed by atoms with E-state index in [9.17, 15) is 14.7 Å². The predicted molar refractivity (Wildman–Crippen MR) is 79.9 cm³/mol. The molecule has 2 rings (SSSR count). The van der Waals surface area contributed by atoms with Gasteiger partial charge in [0.15, 0.2) is 5.78 Å². The van der Waals surface area contributed by atoms with Crippen LogP contribution in [0.4, 0.5) is 0 Å². The summed E-state index contributed by atoms with van der Waals surface area (Å²) in [5.41, 5.74) is 0.896. The van der Waals surface area contributed by atoms with Crippen LogP contribution in [0.25, 0.3) is 5.57 Å². The molecule has 0 fully saturated rings. The third-order valence-corrected chi connectivity index (χ3v) is 3.74. The highest BCUT2D eigenvalue weighted by Gasteiger charge is 2.10. The average Bonchev–Trinajstić information content (AvgIpc) is 2.98. The van der Waals surface area contributed by atoms with Crippen LogP contribution in [0.5, 0.6) is 0 Å². The zero-order valence-corrected chi connectivity index (χ0v) is 11.6. The first-order valence-corrected chi connectivity index (χ1v) is 7.12. The van der Waals surface area contributed by atoms with Crippen molar-refractivity contribution in [1.82, 2.24) is 0 Å². The van der Waals surface area contributed by atoms with Gasteiger partial charge in [-0.1, -0.05) is 42.5 Å². The fourth-order valence-electron chi connectivity index (χ4n) is 1.85. The van der Waals surface area contributed by atoms with Gasteiger partial charge in [-0.05, 0) is 23.4 Å². The molecule has 0 unspecified atom stereocenters. The molecule has 0 aliphatic carbocycles. The number of allylic oxidation sites excluding steroid dienone is 1. The Labute approximate surface area is 121 Å². The van der Waals surface area contributed by atoms with Crippen LogP contribution in [0.15, 0.2) is 53.9 Å². The van der Waals surface area contributed by atoms with Crippen molar-refractivity contribution in [2.45, 2.75) is 12.8 Å². The molecule has 1 N–H and O–H groups in total. The largest absolute Gasteiger partial charge is 0.478 e. The minimum absolute atomic E-state index is 0.0500. The van der Waals surface area contributed by atoms with E-state index in [-0.39, 0.29) is 11.4 Å². The highest BCUT2D eigenvalue weighted by atomic mass is 32.1. The van der Waals surface area contributed by atoms with Crippen molar-refractivity contribution in [1.29, 1.82) is 0 Å². The molecule has 0 spiro atoms. The fourth-order valence-corrected chi connectivity index (χ4v) is 2.55. The summed E-state index contributed by atoms with van der Waals surface area (Å²) in [6, 6.07) is 12.5. The first-order valence-electron chi connectivity index (χ1n) is 6.24. The lowest BCUT2D eigenvalue weighted by atomic mass is 10.0. The van der Waals surface area contributed by atoms with Gasteiger partial charge in [0.1, 0.15) is 0 Å². The van der Waals surface area contributed by atoms with Crippen LogP contribution in [-0.4, -0.2) is 16.9 Å². The van der Waals surface area contributed by atoms with Gasteiger partial charge in [0.2, 0.25) is 0 Å². The number of Topliss-reactive ketones (excluding diaryl/α,β-unsaturated/α-hetero) is 1. The summed E-state index contributed by atoms with van der Waals surface area (Å²) in [7, 11) is 0. The zero-order valence-electron chi connectivity index (χ0n) is 10.8. The van der Waals surface area contributed by atoms with Gasteiger partial charge in [-0.3, -0.25) is 4.79 Å². The molecule has 0 amide bonds. The van der Waals surface area contributed by atoms with Crippen molar-refractivity contribution >= 4 is 28.7 Å². The van der Waals surface area contributed by atoms with Gasteiger partial charge in [-0.25, -0.2) is 4.79 Å². The quantitative estimate of drug-likeness (QED) is 0.647. The average molecular weight is 286 g/mol. The van der Waals surface area contributed by atoms with Gasteiger partial charge < -0.3 is 5.11 Å². The Kier molecular flexibility index (Phi) is 4.85. The number of carbonyl (C=O) groups excluding carboxylic acids is 1. The number of benzene rings is 1. The summed E-state index contributed by atoms with van der Waals surface area (Å²) >= 11 is 1.41. The number of rotatable bonds is 6. The molecular weight excluding hydrogens is 272 g/mol. The lowest BCUT2D eigenvalue weighted by Crippen LogP contribution is -2.00. The van der Waals surface area contributed by atoms with Crippen molar-refractivity contribution in [2.24, 2.45) is 0 Å². The fraction of sp³-hybridized carbons (Fsp3) is 0.125.